The first-order valence-corrected chi connectivity index (χ1v) is 8.27. The molecule has 0 spiro atoms. The molecule has 2 N–H and O–H groups in total. The highest BCUT2D eigenvalue weighted by atomic mass is 32.1. The highest BCUT2D eigenvalue weighted by Gasteiger charge is 2.13. The van der Waals surface area contributed by atoms with E-state index in [4.69, 9.17) is 0 Å². The summed E-state index contributed by atoms with van der Waals surface area (Å²) in [4.78, 5) is 8.85. The van der Waals surface area contributed by atoms with Crippen LogP contribution < -0.4 is 5.32 Å². The number of thiophene rings is 1. The van der Waals surface area contributed by atoms with Gasteiger partial charge in [-0.05, 0) is 43.8 Å². The topological polar surface area (TPSA) is 40.7 Å². The van der Waals surface area contributed by atoms with E-state index in [1.807, 2.05) is 23.7 Å². The fourth-order valence-electron chi connectivity index (χ4n) is 2.71. The van der Waals surface area contributed by atoms with Gasteiger partial charge in [0.2, 0.25) is 0 Å². The minimum absolute atomic E-state index is 0.402. The van der Waals surface area contributed by atoms with Gasteiger partial charge in [-0.1, -0.05) is 18.2 Å². The fourth-order valence-corrected chi connectivity index (χ4v) is 3.95. The van der Waals surface area contributed by atoms with Gasteiger partial charge in [-0.15, -0.1) is 11.3 Å². The number of benzene rings is 1. The Morgan fingerprint density at radius 3 is 2.95 bits per heavy atom. The Labute approximate surface area is 129 Å². The van der Waals surface area contributed by atoms with Crippen molar-refractivity contribution >= 4 is 21.4 Å². The molecule has 0 amide bonds. The van der Waals surface area contributed by atoms with Gasteiger partial charge >= 0.3 is 0 Å². The lowest BCUT2D eigenvalue weighted by atomic mass is 10.1. The van der Waals surface area contributed by atoms with E-state index in [1.54, 1.807) is 0 Å². The SMILES string of the molecule is Cc1c(C(C)NCCCc2ncc[nH]2)sc2ccccc12. The monoisotopic (exact) mass is 299 g/mol. The van der Waals surface area contributed by atoms with E-state index in [2.05, 4.69) is 53.4 Å². The number of nitrogens with zero attached hydrogens (tertiary/aromatic N) is 1. The molecule has 0 saturated heterocycles. The zero-order valence-electron chi connectivity index (χ0n) is 12.5. The number of aromatic amines is 1. The van der Waals surface area contributed by atoms with Crippen molar-refractivity contribution in [1.82, 2.24) is 15.3 Å². The van der Waals surface area contributed by atoms with Crippen LogP contribution in [0.2, 0.25) is 0 Å². The first-order chi connectivity index (χ1) is 10.3. The molecule has 0 bridgehead atoms. The standard InChI is InChI=1S/C17H21N3S/c1-12-14-6-3-4-7-15(14)21-17(12)13(2)18-9-5-8-16-19-10-11-20-16/h3-4,6-7,10-11,13,18H,5,8-9H2,1-2H3,(H,19,20). The molecular weight excluding hydrogens is 278 g/mol. The highest BCUT2D eigenvalue weighted by molar-refractivity contribution is 7.19. The van der Waals surface area contributed by atoms with Crippen molar-refractivity contribution in [2.45, 2.75) is 32.7 Å². The molecule has 110 valence electrons. The molecular formula is C17H21N3S. The van der Waals surface area contributed by atoms with Gasteiger partial charge in [0, 0.05) is 34.4 Å². The average Bonchev–Trinajstić information content (AvgIpc) is 3.12. The molecule has 1 atom stereocenters. The van der Waals surface area contributed by atoms with E-state index in [-0.39, 0.29) is 0 Å². The van der Waals surface area contributed by atoms with Crippen LogP contribution in [0.1, 0.15) is 35.7 Å². The number of fused-ring (bicyclic) bond motifs is 1. The van der Waals surface area contributed by atoms with Crippen LogP contribution >= 0.6 is 11.3 Å². The molecule has 0 aliphatic rings. The number of aromatic nitrogens is 2. The summed E-state index contributed by atoms with van der Waals surface area (Å²) in [5, 5.41) is 5.02. The largest absolute Gasteiger partial charge is 0.349 e. The first-order valence-electron chi connectivity index (χ1n) is 7.45. The lowest BCUT2D eigenvalue weighted by Gasteiger charge is -2.13. The van der Waals surface area contributed by atoms with Crippen molar-refractivity contribution in [3.05, 3.63) is 52.9 Å². The van der Waals surface area contributed by atoms with Crippen LogP contribution in [0.25, 0.3) is 10.1 Å². The summed E-state index contributed by atoms with van der Waals surface area (Å²) in [6.45, 7) is 5.50. The summed E-state index contributed by atoms with van der Waals surface area (Å²) in [6, 6.07) is 9.06. The van der Waals surface area contributed by atoms with Gasteiger partial charge in [0.25, 0.3) is 0 Å². The molecule has 21 heavy (non-hydrogen) atoms. The van der Waals surface area contributed by atoms with Gasteiger partial charge in [0.05, 0.1) is 0 Å². The van der Waals surface area contributed by atoms with Crippen molar-refractivity contribution in [1.29, 1.82) is 0 Å². The van der Waals surface area contributed by atoms with Crippen LogP contribution in [0.15, 0.2) is 36.7 Å². The third kappa shape index (κ3) is 3.17. The van der Waals surface area contributed by atoms with Crippen LogP contribution in [-0.4, -0.2) is 16.5 Å². The first kappa shape index (κ1) is 14.3. The van der Waals surface area contributed by atoms with Crippen LogP contribution in [0.5, 0.6) is 0 Å². The van der Waals surface area contributed by atoms with Gasteiger partial charge in [0.1, 0.15) is 5.82 Å². The quantitative estimate of drug-likeness (QED) is 0.669. The molecule has 2 heterocycles. The Hall–Kier alpha value is -1.65. The molecule has 0 fully saturated rings. The lowest BCUT2D eigenvalue weighted by molar-refractivity contribution is 0.560. The second-order valence-corrected chi connectivity index (χ2v) is 6.49. The van der Waals surface area contributed by atoms with E-state index in [0.29, 0.717) is 6.04 Å². The van der Waals surface area contributed by atoms with Gasteiger partial charge in [-0.25, -0.2) is 4.98 Å². The number of aryl methyl sites for hydroxylation is 2. The Bertz CT molecular complexity index is 700. The molecule has 0 radical (unpaired) electrons. The number of H-pyrrole nitrogens is 1. The third-order valence-corrected chi connectivity index (χ3v) is 5.33. The Morgan fingerprint density at radius 2 is 2.19 bits per heavy atom. The van der Waals surface area contributed by atoms with E-state index in [0.717, 1.165) is 25.2 Å². The fraction of sp³-hybridized carbons (Fsp3) is 0.353. The maximum absolute atomic E-state index is 4.25. The molecule has 0 aliphatic carbocycles. The summed E-state index contributed by atoms with van der Waals surface area (Å²) in [5.74, 6) is 1.07. The molecule has 1 aromatic carbocycles. The van der Waals surface area contributed by atoms with Gasteiger partial charge < -0.3 is 10.3 Å². The third-order valence-electron chi connectivity index (χ3n) is 3.87. The smallest absolute Gasteiger partial charge is 0.106 e. The van der Waals surface area contributed by atoms with Crippen molar-refractivity contribution < 1.29 is 0 Å². The predicted octanol–water partition coefficient (Wildman–Crippen LogP) is 4.22. The van der Waals surface area contributed by atoms with E-state index in [1.165, 1.54) is 20.5 Å². The summed E-state index contributed by atoms with van der Waals surface area (Å²) in [6.07, 6.45) is 5.79. The number of imidazole rings is 1. The zero-order chi connectivity index (χ0) is 14.7. The van der Waals surface area contributed by atoms with Crippen molar-refractivity contribution in [3.8, 4) is 0 Å². The maximum Gasteiger partial charge on any atom is 0.106 e. The summed E-state index contributed by atoms with van der Waals surface area (Å²) >= 11 is 1.91. The number of hydrogen-bond acceptors (Lipinski definition) is 3. The van der Waals surface area contributed by atoms with E-state index < -0.39 is 0 Å². The van der Waals surface area contributed by atoms with Crippen LogP contribution in [0.4, 0.5) is 0 Å². The van der Waals surface area contributed by atoms with Gasteiger partial charge in [-0.2, -0.15) is 0 Å². The second kappa shape index (κ2) is 6.41. The molecule has 3 nitrogen and oxygen atoms in total. The minimum atomic E-state index is 0.402. The zero-order valence-corrected chi connectivity index (χ0v) is 13.3. The van der Waals surface area contributed by atoms with Crippen molar-refractivity contribution in [3.63, 3.8) is 0 Å². The highest BCUT2D eigenvalue weighted by Crippen LogP contribution is 2.34. The minimum Gasteiger partial charge on any atom is -0.349 e. The Balaban J connectivity index is 1.59. The number of nitrogens with one attached hydrogen (secondary N) is 2. The van der Waals surface area contributed by atoms with E-state index >= 15 is 0 Å². The van der Waals surface area contributed by atoms with Crippen molar-refractivity contribution in [2.24, 2.45) is 0 Å². The molecule has 0 saturated carbocycles. The maximum atomic E-state index is 4.25. The van der Waals surface area contributed by atoms with Crippen molar-refractivity contribution in [2.75, 3.05) is 6.54 Å². The average molecular weight is 299 g/mol. The molecule has 4 heteroatoms. The molecule has 1 unspecified atom stereocenters. The number of hydrogen-bond donors (Lipinski definition) is 2. The van der Waals surface area contributed by atoms with E-state index in [9.17, 15) is 0 Å². The molecule has 0 aliphatic heterocycles. The second-order valence-electron chi connectivity index (χ2n) is 5.40. The van der Waals surface area contributed by atoms with Crippen LogP contribution in [0.3, 0.4) is 0 Å². The summed E-state index contributed by atoms with van der Waals surface area (Å²) < 4.78 is 1.38. The molecule has 3 aromatic rings. The summed E-state index contributed by atoms with van der Waals surface area (Å²) in [7, 11) is 0. The number of rotatable bonds is 6. The molecule has 3 rings (SSSR count). The predicted molar refractivity (Wildman–Crippen MR) is 89.9 cm³/mol. The van der Waals surface area contributed by atoms with Crippen LogP contribution in [0, 0.1) is 6.92 Å². The van der Waals surface area contributed by atoms with Gasteiger partial charge in [0.15, 0.2) is 0 Å². The summed E-state index contributed by atoms with van der Waals surface area (Å²) in [5.41, 5.74) is 1.42. The lowest BCUT2D eigenvalue weighted by Crippen LogP contribution is -2.20. The van der Waals surface area contributed by atoms with Crippen LogP contribution in [-0.2, 0) is 6.42 Å². The van der Waals surface area contributed by atoms with Gasteiger partial charge in [-0.3, -0.25) is 0 Å². The Kier molecular flexibility index (Phi) is 4.36. The molecule has 2 aromatic heterocycles. The Morgan fingerprint density at radius 1 is 1.33 bits per heavy atom. The normalized spacial score (nSPS) is 12.9.